The minimum Gasteiger partial charge on any atom is -0.326 e. The molecule has 7 N–H and O–H groups in total. The number of benzene rings is 6. The first-order valence-electron chi connectivity index (χ1n) is 19.0. The van der Waals surface area contributed by atoms with Crippen LogP contribution in [0.4, 0.5) is 45.8 Å². The van der Waals surface area contributed by atoms with Crippen LogP contribution in [0.5, 0.6) is 0 Å². The molecule has 0 saturated heterocycles. The van der Waals surface area contributed by atoms with Gasteiger partial charge in [-0.25, -0.2) is 18.4 Å². The Morgan fingerprint density at radius 3 is 1.78 bits per heavy atom. The molecule has 7 rings (SSSR count). The number of anilines is 2. The van der Waals surface area contributed by atoms with Gasteiger partial charge in [0.05, 0.1) is 43.1 Å². The second-order valence-corrected chi connectivity index (χ2v) is 21.7. The van der Waals surface area contributed by atoms with Gasteiger partial charge in [0.1, 0.15) is 15.5 Å². The molecule has 24 nitrogen and oxygen atoms in total. The van der Waals surface area contributed by atoms with E-state index in [9.17, 15) is 60.3 Å². The maximum atomic E-state index is 12.5. The van der Waals surface area contributed by atoms with Crippen LogP contribution in [0.3, 0.4) is 0 Å². The lowest BCUT2D eigenvalue weighted by atomic mass is 10.1. The van der Waals surface area contributed by atoms with Crippen LogP contribution in [0.1, 0.15) is 5.56 Å². The van der Waals surface area contributed by atoms with Crippen molar-refractivity contribution in [3.05, 3.63) is 144 Å². The molecule has 0 amide bonds. The topological polar surface area (TPSA) is 382 Å². The Morgan fingerprint density at radius 1 is 0.536 bits per heavy atom. The zero-order valence-electron chi connectivity index (χ0n) is 34.8. The minimum atomic E-state index is -5.02. The van der Waals surface area contributed by atoms with Gasteiger partial charge in [-0.15, -0.1) is 15.3 Å². The lowest BCUT2D eigenvalue weighted by Crippen LogP contribution is -2.28. The Labute approximate surface area is 391 Å². The van der Waals surface area contributed by atoms with Gasteiger partial charge in [0.2, 0.25) is 17.2 Å². The molecule has 1 aromatic heterocycles. The highest BCUT2D eigenvalue weighted by Gasteiger charge is 2.21. The van der Waals surface area contributed by atoms with E-state index in [1.807, 2.05) is 0 Å². The quantitative estimate of drug-likeness (QED) is 0.0420. The fourth-order valence-electron chi connectivity index (χ4n) is 6.20. The van der Waals surface area contributed by atoms with Crippen LogP contribution in [-0.2, 0) is 50.3 Å². The van der Waals surface area contributed by atoms with Gasteiger partial charge < -0.3 is 5.32 Å². The van der Waals surface area contributed by atoms with E-state index in [1.165, 1.54) is 60.7 Å². The lowest BCUT2D eigenvalue weighted by molar-refractivity contribution is 0.478. The molecule has 356 valence electrons. The van der Waals surface area contributed by atoms with Crippen LogP contribution < -0.4 is 16.6 Å². The van der Waals surface area contributed by atoms with Crippen molar-refractivity contribution in [1.82, 2.24) is 15.0 Å². The summed E-state index contributed by atoms with van der Waals surface area (Å²) in [6.45, 7) is 4.99. The molecule has 0 aliphatic rings. The summed E-state index contributed by atoms with van der Waals surface area (Å²) in [5, 5.41) is 20.9. The number of aromatic nitrogens is 3. The van der Waals surface area contributed by atoms with E-state index in [2.05, 4.69) is 57.3 Å². The highest BCUT2D eigenvalue weighted by atomic mass is 32.2. The molecule has 7 aromatic rings. The molecular weight excluding hydrogens is 1000 g/mol. The fourth-order valence-corrected chi connectivity index (χ4v) is 9.18. The maximum Gasteiger partial charge on any atom is 0.296 e. The number of H-pyrrole nitrogens is 2. The largest absolute Gasteiger partial charge is 0.326 e. The molecule has 1 heterocycles. The highest BCUT2D eigenvalue weighted by Crippen LogP contribution is 2.38. The van der Waals surface area contributed by atoms with Gasteiger partial charge in [0, 0.05) is 21.9 Å². The van der Waals surface area contributed by atoms with E-state index < -0.39 is 75.6 Å². The van der Waals surface area contributed by atoms with Crippen molar-refractivity contribution in [2.24, 2.45) is 30.4 Å². The van der Waals surface area contributed by atoms with E-state index >= 15 is 0 Å². The summed E-state index contributed by atoms with van der Waals surface area (Å²) in [6.07, 6.45) is 0. The monoisotopic (exact) mass is 1040 g/mol. The second-order valence-electron chi connectivity index (χ2n) is 14.2. The molecule has 29 heteroatoms. The second kappa shape index (κ2) is 18.9. The van der Waals surface area contributed by atoms with Crippen LogP contribution in [0.25, 0.3) is 10.8 Å². The summed E-state index contributed by atoms with van der Waals surface area (Å²) >= 11 is 0. The van der Waals surface area contributed by atoms with Crippen molar-refractivity contribution < 1.29 is 60.3 Å². The normalized spacial score (nSPS) is 13.4. The molecule has 6 aromatic carbocycles. The van der Waals surface area contributed by atoms with Crippen LogP contribution >= 0.6 is 0 Å². The summed E-state index contributed by atoms with van der Waals surface area (Å²) in [5.74, 6) is -0.135. The molecule has 0 radical (unpaired) electrons. The molecule has 0 fully saturated rings. The van der Waals surface area contributed by atoms with Gasteiger partial charge in [-0.05, 0) is 103 Å². The van der Waals surface area contributed by atoms with Gasteiger partial charge in [-0.1, -0.05) is 30.8 Å². The molecule has 0 saturated carbocycles. The fraction of sp³-hybridized carbons (Fsp3) is 0.0250. The van der Waals surface area contributed by atoms with Crippen molar-refractivity contribution in [3.8, 4) is 0 Å². The van der Waals surface area contributed by atoms with Gasteiger partial charge in [0.15, 0.2) is 9.84 Å². The lowest BCUT2D eigenvalue weighted by Gasteiger charge is -2.09. The number of hydrogen-bond acceptors (Lipinski definition) is 18. The first kappa shape index (κ1) is 49.4. The first-order valence-corrected chi connectivity index (χ1v) is 26.3. The summed E-state index contributed by atoms with van der Waals surface area (Å²) in [6, 6.07) is 23.8. The Bertz CT molecular complexity index is 4060. The summed E-state index contributed by atoms with van der Waals surface area (Å²) in [7, 11) is -23.2. The number of hydrogen-bond donors (Lipinski definition) is 7. The predicted octanol–water partition coefficient (Wildman–Crippen LogP) is 7.14. The maximum absolute atomic E-state index is 12.5. The Hall–Kier alpha value is -7.48. The van der Waals surface area contributed by atoms with Crippen molar-refractivity contribution in [2.75, 3.05) is 5.32 Å². The molecule has 0 unspecified atom stereocenters. The molecule has 0 aliphatic carbocycles. The SMILES string of the molecule is C=CS(=O)(=O)c1cccc(N=c2nc(Nc3ccc(N=Nc4ccc(N=Nc5ccccc5S(=O)(=O)O)c5cc(S(=O)(=O)O)ccc45)c(C)c3)[nH]c(=Nc3cc(S(=O)(=O)O)ccc3S(=O)(=O)O)[nH]2)c1. The molecule has 0 spiro atoms. The van der Waals surface area contributed by atoms with Crippen molar-refractivity contribution >= 4 is 107 Å². The standard InChI is InChI=1S/C40H32N10O14S5/c1-3-65(51,52)26-8-6-7-24(20-26)41-38-44-39(46-40(45-38)43-35-22-28(67(56,57)58)13-18-37(35)69(62,63)64)42-25-11-15-31(23(2)19-25)47-48-32-16-17-33(30-21-27(66(53,54)55)12-14-29(30)32)49-50-34-9-4-5-10-36(34)68(59,60)61/h3-22H,1H2,2H3,(H,53,54,55)(H,56,57,58)(H,59,60,61)(H,62,63,64)(H3,41,42,43,44,45,46). The predicted molar refractivity (Wildman–Crippen MR) is 246 cm³/mol. The number of aryl methyl sites for hydroxylation is 1. The number of azo groups is 2. The Balaban J connectivity index is 1.28. The number of fused-ring (bicyclic) bond motifs is 1. The van der Waals surface area contributed by atoms with Crippen molar-refractivity contribution in [1.29, 1.82) is 0 Å². The molecule has 0 atom stereocenters. The number of aromatic amines is 2. The van der Waals surface area contributed by atoms with E-state index in [-0.39, 0.29) is 55.6 Å². The van der Waals surface area contributed by atoms with E-state index in [0.29, 0.717) is 29.1 Å². The number of nitrogens with zero attached hydrogens (tertiary/aromatic N) is 7. The van der Waals surface area contributed by atoms with Gasteiger partial charge >= 0.3 is 0 Å². The summed E-state index contributed by atoms with van der Waals surface area (Å²) in [4.78, 5) is 15.5. The highest BCUT2D eigenvalue weighted by molar-refractivity contribution is 7.94. The van der Waals surface area contributed by atoms with E-state index in [1.54, 1.807) is 25.1 Å². The van der Waals surface area contributed by atoms with Crippen LogP contribution in [-0.4, -0.2) is 75.3 Å². The van der Waals surface area contributed by atoms with Crippen molar-refractivity contribution in [3.63, 3.8) is 0 Å². The van der Waals surface area contributed by atoms with Gasteiger partial charge in [-0.3, -0.25) is 28.2 Å². The average Bonchev–Trinajstić information content (AvgIpc) is 3.27. The van der Waals surface area contributed by atoms with E-state index in [0.717, 1.165) is 29.7 Å². The van der Waals surface area contributed by atoms with Gasteiger partial charge in [0.25, 0.3) is 40.5 Å². The number of sulfone groups is 1. The molecule has 0 aliphatic heterocycles. The molecule has 0 bridgehead atoms. The Morgan fingerprint density at radius 2 is 1.13 bits per heavy atom. The van der Waals surface area contributed by atoms with Gasteiger partial charge in [-0.2, -0.15) is 43.8 Å². The molecular formula is C40H32N10O14S5. The summed E-state index contributed by atoms with van der Waals surface area (Å²) in [5.41, 5.74) is -0.0163. The average molecular weight is 1040 g/mol. The summed E-state index contributed by atoms with van der Waals surface area (Å²) < 4.78 is 160. The zero-order valence-corrected chi connectivity index (χ0v) is 38.9. The van der Waals surface area contributed by atoms with Crippen LogP contribution in [0.15, 0.2) is 182 Å². The minimum absolute atomic E-state index is 0.0293. The van der Waals surface area contributed by atoms with Crippen molar-refractivity contribution in [2.45, 2.75) is 31.4 Å². The smallest absolute Gasteiger partial charge is 0.296 e. The third-order valence-corrected chi connectivity index (χ3v) is 14.2. The Kier molecular flexibility index (Phi) is 13.5. The van der Waals surface area contributed by atoms with E-state index in [4.69, 9.17) is 0 Å². The third-order valence-electron chi connectivity index (χ3n) is 9.40. The molecule has 69 heavy (non-hydrogen) atoms. The van der Waals surface area contributed by atoms with Crippen LogP contribution in [0, 0.1) is 6.92 Å². The van der Waals surface area contributed by atoms with Crippen LogP contribution in [0.2, 0.25) is 0 Å². The number of rotatable bonds is 14. The third kappa shape index (κ3) is 11.8. The number of nitrogens with one attached hydrogen (secondary N) is 3. The zero-order chi connectivity index (χ0) is 50.1. The first-order chi connectivity index (χ1) is 32.3.